The number of unbranched alkanes of at least 4 members (excludes halogenated alkanes) is 48. The van der Waals surface area contributed by atoms with Gasteiger partial charge in [0.05, 0.1) is 17.1 Å². The minimum atomic E-state index is 0. The topological polar surface area (TPSA) is 24.7 Å². The predicted molar refractivity (Wildman–Crippen MR) is 343 cm³/mol. The van der Waals surface area contributed by atoms with E-state index in [4.69, 9.17) is 9.98 Å². The van der Waals surface area contributed by atoms with Crippen LogP contribution in [0.4, 0.5) is 11.4 Å². The van der Waals surface area contributed by atoms with Gasteiger partial charge in [0, 0.05) is 26.6 Å². The molecule has 0 bridgehead atoms. The van der Waals surface area contributed by atoms with Gasteiger partial charge in [-0.25, -0.2) is 0 Å². The molecule has 2 rings (SSSR count). The van der Waals surface area contributed by atoms with Crippen molar-refractivity contribution in [2.75, 3.05) is 0 Å². The Labute approximate surface area is 489 Å². The first kappa shape index (κ1) is 71.9. The molecule has 0 atom stereocenters. The average Bonchev–Trinajstić information content (AvgIpc) is 3.42. The van der Waals surface area contributed by atoms with E-state index in [2.05, 4.69) is 93.6 Å². The number of hydrogen-bond acceptors (Lipinski definition) is 2. The van der Waals surface area contributed by atoms with Crippen molar-refractivity contribution in [1.29, 1.82) is 0 Å². The maximum Gasteiger partial charge on any atom is 0.0639 e. The Morgan fingerprint density at radius 1 is 0.316 bits per heavy atom. The van der Waals surface area contributed by atoms with Gasteiger partial charge in [-0.3, -0.25) is 9.98 Å². The van der Waals surface area contributed by atoms with Gasteiger partial charge in [0.2, 0.25) is 0 Å². The van der Waals surface area contributed by atoms with E-state index in [1.54, 1.807) is 0 Å². The van der Waals surface area contributed by atoms with Gasteiger partial charge in [0.1, 0.15) is 0 Å². The Morgan fingerprint density at radius 2 is 0.579 bits per heavy atom. The zero-order valence-electron chi connectivity index (χ0n) is 51.0. The zero-order chi connectivity index (χ0) is 53.3. The normalized spacial score (nSPS) is 12.1. The van der Waals surface area contributed by atoms with E-state index in [1.807, 2.05) is 6.21 Å². The molecule has 0 heterocycles. The van der Waals surface area contributed by atoms with Gasteiger partial charge in [-0.05, 0) is 73.9 Å². The molecule has 0 aliphatic carbocycles. The SMILES string of the molecule is CCCCCCCCCCCCCCCCCCCCCCCCCC=Cc1cccc(N=CC(CCCCC)=Nc2cccc(C=CCCCCCCCCCCCCCCCCCCCCCCCCC)c2)c1.[Pd]. The van der Waals surface area contributed by atoms with Crippen LogP contribution in [0, 0.1) is 0 Å². The monoisotopic (exact) mass is 1140 g/mol. The van der Waals surface area contributed by atoms with Crippen molar-refractivity contribution in [2.45, 2.75) is 355 Å². The summed E-state index contributed by atoms with van der Waals surface area (Å²) < 4.78 is 0. The first-order chi connectivity index (χ1) is 37.2. The van der Waals surface area contributed by atoms with Crippen molar-refractivity contribution in [1.82, 2.24) is 0 Å². The average molecular weight is 1140 g/mol. The third-order valence-electron chi connectivity index (χ3n) is 16.0. The Balaban J connectivity index is 0.0000289. The number of hydrogen-bond donors (Lipinski definition) is 0. The molecule has 0 unspecified atom stereocenters. The van der Waals surface area contributed by atoms with Crippen molar-refractivity contribution in [3.63, 3.8) is 0 Å². The van der Waals surface area contributed by atoms with Gasteiger partial charge in [-0.2, -0.15) is 0 Å². The number of allylic oxidation sites excluding steroid dienone is 2. The summed E-state index contributed by atoms with van der Waals surface area (Å²) in [6, 6.07) is 17.4. The van der Waals surface area contributed by atoms with Crippen molar-refractivity contribution in [2.24, 2.45) is 9.98 Å². The largest absolute Gasteiger partial charge is 0.255 e. The fraction of sp³-hybridized carbons (Fsp3) is 0.753. The van der Waals surface area contributed by atoms with Crippen LogP contribution in [0.5, 0.6) is 0 Å². The number of aliphatic imine (C=N–C) groups is 2. The molecule has 0 N–H and O–H groups in total. The fourth-order valence-corrected chi connectivity index (χ4v) is 11.0. The van der Waals surface area contributed by atoms with Gasteiger partial charge in [-0.15, -0.1) is 0 Å². The van der Waals surface area contributed by atoms with Crippen molar-refractivity contribution in [3.05, 3.63) is 71.8 Å². The quantitative estimate of drug-likeness (QED) is 0.0358. The van der Waals surface area contributed by atoms with E-state index in [1.165, 1.54) is 319 Å². The predicted octanol–water partition coefficient (Wildman–Crippen LogP) is 26.5. The molecule has 0 radical (unpaired) electrons. The molecule has 2 aromatic carbocycles. The number of nitrogens with zero attached hydrogens (tertiary/aromatic N) is 2. The Morgan fingerprint density at radius 3 is 0.895 bits per heavy atom. The molecular formula is C73H126N2Pd. The molecule has 0 aromatic heterocycles. The molecule has 0 amide bonds. The molecule has 2 aromatic rings. The van der Waals surface area contributed by atoms with Gasteiger partial charge >= 0.3 is 0 Å². The van der Waals surface area contributed by atoms with Crippen molar-refractivity contribution >= 4 is 35.5 Å². The van der Waals surface area contributed by atoms with Gasteiger partial charge < -0.3 is 0 Å². The van der Waals surface area contributed by atoms with Crippen LogP contribution in [0.15, 0.2) is 70.7 Å². The van der Waals surface area contributed by atoms with Crippen LogP contribution >= 0.6 is 0 Å². The van der Waals surface area contributed by atoms with Crippen LogP contribution in [-0.2, 0) is 20.4 Å². The summed E-state index contributed by atoms with van der Waals surface area (Å²) in [4.78, 5) is 10.1. The first-order valence-electron chi connectivity index (χ1n) is 33.9. The molecule has 76 heavy (non-hydrogen) atoms. The number of benzene rings is 2. The summed E-state index contributed by atoms with van der Waals surface area (Å²) in [5.74, 6) is 0. The molecule has 0 spiro atoms. The molecule has 0 fully saturated rings. The van der Waals surface area contributed by atoms with Crippen LogP contribution in [0.1, 0.15) is 366 Å². The second kappa shape index (κ2) is 59.1. The molecule has 0 aliphatic heterocycles. The van der Waals surface area contributed by atoms with Crippen molar-refractivity contribution in [3.8, 4) is 0 Å². The van der Waals surface area contributed by atoms with E-state index < -0.39 is 0 Å². The van der Waals surface area contributed by atoms with Crippen LogP contribution in [0.2, 0.25) is 0 Å². The minimum absolute atomic E-state index is 0. The van der Waals surface area contributed by atoms with E-state index >= 15 is 0 Å². The van der Waals surface area contributed by atoms with E-state index in [0.717, 1.165) is 42.8 Å². The Bertz CT molecular complexity index is 1600. The molecule has 2 nitrogen and oxygen atoms in total. The smallest absolute Gasteiger partial charge is 0.0639 e. The third-order valence-corrected chi connectivity index (χ3v) is 16.0. The van der Waals surface area contributed by atoms with Gasteiger partial charge in [0.25, 0.3) is 0 Å². The van der Waals surface area contributed by atoms with E-state index in [-0.39, 0.29) is 20.4 Å². The fourth-order valence-electron chi connectivity index (χ4n) is 11.0. The van der Waals surface area contributed by atoms with Crippen LogP contribution in [0.25, 0.3) is 12.2 Å². The minimum Gasteiger partial charge on any atom is -0.255 e. The molecule has 0 saturated heterocycles. The van der Waals surface area contributed by atoms with Crippen LogP contribution < -0.4 is 0 Å². The second-order valence-corrected chi connectivity index (χ2v) is 23.4. The number of rotatable bonds is 57. The van der Waals surface area contributed by atoms with E-state index in [9.17, 15) is 0 Å². The zero-order valence-corrected chi connectivity index (χ0v) is 52.5. The van der Waals surface area contributed by atoms with Crippen LogP contribution in [0.3, 0.4) is 0 Å². The molecule has 438 valence electrons. The third kappa shape index (κ3) is 49.0. The summed E-state index contributed by atoms with van der Waals surface area (Å²) in [6.07, 6.45) is 84.4. The van der Waals surface area contributed by atoms with Crippen LogP contribution in [-0.4, -0.2) is 11.9 Å². The Hall–Kier alpha value is -2.08. The molecular weight excluding hydrogens is 1010 g/mol. The van der Waals surface area contributed by atoms with Gasteiger partial charge in [-0.1, -0.05) is 365 Å². The first-order valence-corrected chi connectivity index (χ1v) is 33.9. The van der Waals surface area contributed by atoms with Gasteiger partial charge in [0.15, 0.2) is 0 Å². The summed E-state index contributed by atoms with van der Waals surface area (Å²) in [5, 5.41) is 0. The summed E-state index contributed by atoms with van der Waals surface area (Å²) in [7, 11) is 0. The summed E-state index contributed by atoms with van der Waals surface area (Å²) in [6.45, 7) is 6.89. The summed E-state index contributed by atoms with van der Waals surface area (Å²) in [5.41, 5.74) is 5.57. The van der Waals surface area contributed by atoms with Crippen molar-refractivity contribution < 1.29 is 20.4 Å². The second-order valence-electron chi connectivity index (χ2n) is 23.4. The molecule has 0 saturated carbocycles. The molecule has 3 heteroatoms. The Kier molecular flexibility index (Phi) is 55.9. The maximum absolute atomic E-state index is 5.13. The molecule has 0 aliphatic rings. The van der Waals surface area contributed by atoms with E-state index in [0.29, 0.717) is 0 Å². The maximum atomic E-state index is 5.13. The standard InChI is InChI=1S/C73H126N2.Pd/c1-4-7-10-12-14-16-18-20-22-24-26-28-30-32-34-36-38-40-42-44-46-48-50-52-55-59-69-61-57-64-71(66-69)74-68-73(63-54-9-6-3)75-72-65-58-62-70(67-72)60-56-53-51-49-47-45-43-41-39-37-35-33-31-29-27-25-23-21-19-17-15-13-11-8-5-2;/h55-62,64-68H,4-54,63H2,1-3H3;. The summed E-state index contributed by atoms with van der Waals surface area (Å²) >= 11 is 0.